The van der Waals surface area contributed by atoms with Crippen LogP contribution in [-0.4, -0.2) is 80.7 Å². The molecule has 0 saturated carbocycles. The van der Waals surface area contributed by atoms with Crippen LogP contribution < -0.4 is 14.8 Å². The lowest BCUT2D eigenvalue weighted by Crippen LogP contribution is -2.59. The summed E-state index contributed by atoms with van der Waals surface area (Å²) < 4.78 is 98.4. The van der Waals surface area contributed by atoms with Crippen molar-refractivity contribution in [3.8, 4) is 22.6 Å². The molecular formula is C33H36F6N2O6. The van der Waals surface area contributed by atoms with Gasteiger partial charge in [-0.05, 0) is 72.5 Å². The molecule has 1 aliphatic rings. The van der Waals surface area contributed by atoms with Crippen molar-refractivity contribution in [3.05, 3.63) is 59.7 Å². The number of hydrogen-bond acceptors (Lipinski definition) is 6. The van der Waals surface area contributed by atoms with Crippen LogP contribution in [0.5, 0.6) is 11.5 Å². The molecule has 1 fully saturated rings. The minimum Gasteiger partial charge on any atom is -0.496 e. The Bertz CT molecular complexity index is 1560. The van der Waals surface area contributed by atoms with Crippen LogP contribution in [0.25, 0.3) is 21.9 Å². The van der Waals surface area contributed by atoms with Crippen LogP contribution in [0.4, 0.5) is 26.3 Å². The van der Waals surface area contributed by atoms with E-state index >= 15 is 0 Å². The number of carbonyl (C=O) groups is 2. The summed E-state index contributed by atoms with van der Waals surface area (Å²) in [7, 11) is 3.01. The summed E-state index contributed by atoms with van der Waals surface area (Å²) in [6, 6.07) is 12.2. The number of alkyl halides is 6. The van der Waals surface area contributed by atoms with Gasteiger partial charge in [0, 0.05) is 13.0 Å². The number of methoxy groups -OCH3 is 2. The predicted octanol–water partition coefficient (Wildman–Crippen LogP) is 6.38. The number of ether oxygens (including phenoxy) is 3. The number of piperidine rings is 1. The molecule has 1 heterocycles. The van der Waals surface area contributed by atoms with Crippen molar-refractivity contribution in [2.24, 2.45) is 5.41 Å². The number of fused-ring (bicyclic) bond motifs is 1. The van der Waals surface area contributed by atoms with Crippen molar-refractivity contribution in [1.82, 2.24) is 10.2 Å². The molecule has 0 aromatic heterocycles. The van der Waals surface area contributed by atoms with Gasteiger partial charge in [0.05, 0.1) is 32.9 Å². The van der Waals surface area contributed by atoms with Crippen LogP contribution in [0.15, 0.2) is 48.5 Å². The van der Waals surface area contributed by atoms with E-state index in [0.717, 1.165) is 10.5 Å². The maximum atomic E-state index is 14.3. The van der Waals surface area contributed by atoms with E-state index in [1.165, 1.54) is 14.2 Å². The number of nitrogens with zero attached hydrogens (tertiary/aromatic N) is 1. The number of carboxylic acid groups (broad SMARTS) is 1. The summed E-state index contributed by atoms with van der Waals surface area (Å²) in [6.45, 7) is 0.0431. The van der Waals surface area contributed by atoms with Gasteiger partial charge in [-0.1, -0.05) is 36.4 Å². The summed E-state index contributed by atoms with van der Waals surface area (Å²) >= 11 is 0. The second-order valence-electron chi connectivity index (χ2n) is 11.4. The van der Waals surface area contributed by atoms with Gasteiger partial charge in [0.25, 0.3) is 0 Å². The van der Waals surface area contributed by atoms with Gasteiger partial charge in [-0.25, -0.2) is 4.79 Å². The molecule has 3 aromatic carbocycles. The number of nitrogens with one attached hydrogen (secondary N) is 1. The monoisotopic (exact) mass is 670 g/mol. The molecule has 1 amide bonds. The van der Waals surface area contributed by atoms with E-state index in [0.29, 0.717) is 52.2 Å². The maximum Gasteiger partial charge on any atom is 0.403 e. The fraction of sp³-hybridized carbons (Fsp3) is 0.455. The Labute approximate surface area is 267 Å². The Balaban J connectivity index is 1.67. The molecule has 1 atom stereocenters. The summed E-state index contributed by atoms with van der Waals surface area (Å²) in [5, 5.41) is 13.3. The standard InChI is InChI=1S/C33H36F6N2O6/c1-4-47-18-20-15-26(45-2)28(27(16-20)46-3)24-10-6-8-22-21(7-5-9-23(22)24)17-25(29(42)43)40-30(44)31(33(37,38)39)11-13-41(14-12-31)19-32(34,35)36/h5-10,15-16,25H,4,11-14,17-19H2,1-3H3,(H,40,44)(H,42,43)/t25-/m0/s1. The van der Waals surface area contributed by atoms with Crippen molar-refractivity contribution < 1.29 is 55.2 Å². The third-order valence-corrected chi connectivity index (χ3v) is 8.44. The maximum absolute atomic E-state index is 14.3. The highest BCUT2D eigenvalue weighted by molar-refractivity contribution is 6.01. The minimum atomic E-state index is -5.12. The lowest BCUT2D eigenvalue weighted by molar-refractivity contribution is -0.236. The van der Waals surface area contributed by atoms with E-state index < -0.39 is 68.2 Å². The van der Waals surface area contributed by atoms with Crippen LogP contribution in [0.1, 0.15) is 30.9 Å². The summed E-state index contributed by atoms with van der Waals surface area (Å²) in [4.78, 5) is 26.3. The van der Waals surface area contributed by atoms with E-state index in [1.54, 1.807) is 30.3 Å². The molecule has 0 radical (unpaired) electrons. The van der Waals surface area contributed by atoms with Crippen molar-refractivity contribution in [1.29, 1.82) is 0 Å². The van der Waals surface area contributed by atoms with Crippen molar-refractivity contribution in [3.63, 3.8) is 0 Å². The molecule has 8 nitrogen and oxygen atoms in total. The Kier molecular flexibility index (Phi) is 11.0. The molecule has 256 valence electrons. The van der Waals surface area contributed by atoms with Gasteiger partial charge < -0.3 is 24.6 Å². The van der Waals surface area contributed by atoms with Gasteiger partial charge in [0.15, 0.2) is 0 Å². The highest BCUT2D eigenvalue weighted by Gasteiger charge is 2.61. The number of likely N-dealkylation sites (tertiary alicyclic amines) is 1. The zero-order valence-corrected chi connectivity index (χ0v) is 26.1. The van der Waals surface area contributed by atoms with Gasteiger partial charge in [0.1, 0.15) is 23.0 Å². The molecule has 1 aliphatic heterocycles. The highest BCUT2D eigenvalue weighted by Crippen LogP contribution is 2.47. The molecule has 14 heteroatoms. The molecule has 1 saturated heterocycles. The summed E-state index contributed by atoms with van der Waals surface area (Å²) in [5.41, 5.74) is -0.489. The molecule has 0 bridgehead atoms. The smallest absolute Gasteiger partial charge is 0.403 e. The second kappa shape index (κ2) is 14.4. The molecule has 47 heavy (non-hydrogen) atoms. The molecule has 0 aliphatic carbocycles. The third kappa shape index (κ3) is 7.92. The van der Waals surface area contributed by atoms with E-state index in [2.05, 4.69) is 5.32 Å². The lowest BCUT2D eigenvalue weighted by Gasteiger charge is -2.42. The number of benzene rings is 3. The third-order valence-electron chi connectivity index (χ3n) is 8.44. The Morgan fingerprint density at radius 3 is 2.09 bits per heavy atom. The van der Waals surface area contributed by atoms with Crippen molar-refractivity contribution >= 4 is 22.6 Å². The normalized spacial score (nSPS) is 16.1. The Morgan fingerprint density at radius 1 is 0.957 bits per heavy atom. The van der Waals surface area contributed by atoms with E-state index in [9.17, 15) is 41.0 Å². The van der Waals surface area contributed by atoms with Gasteiger partial charge >= 0.3 is 18.3 Å². The minimum absolute atomic E-state index is 0.326. The first kappa shape index (κ1) is 35.8. The predicted molar refractivity (Wildman–Crippen MR) is 161 cm³/mol. The molecule has 0 spiro atoms. The fourth-order valence-electron chi connectivity index (χ4n) is 6.01. The number of amides is 1. The number of hydrogen-bond donors (Lipinski definition) is 2. The average Bonchev–Trinajstić information content (AvgIpc) is 3.01. The summed E-state index contributed by atoms with van der Waals surface area (Å²) in [5.74, 6) is -2.16. The lowest BCUT2D eigenvalue weighted by atomic mass is 9.76. The van der Waals surface area contributed by atoms with Gasteiger partial charge in [-0.3, -0.25) is 9.69 Å². The molecule has 2 N–H and O–H groups in total. The first-order valence-electron chi connectivity index (χ1n) is 14.9. The van der Waals surface area contributed by atoms with E-state index in [1.807, 2.05) is 25.1 Å². The zero-order valence-electron chi connectivity index (χ0n) is 26.1. The quantitative estimate of drug-likeness (QED) is 0.216. The Hall–Kier alpha value is -4.04. The zero-order chi connectivity index (χ0) is 34.6. The fourth-order valence-corrected chi connectivity index (χ4v) is 6.01. The summed E-state index contributed by atoms with van der Waals surface area (Å²) in [6.07, 6.45) is -12.0. The van der Waals surface area contributed by atoms with Crippen LogP contribution in [-0.2, 0) is 27.4 Å². The highest BCUT2D eigenvalue weighted by atomic mass is 19.4. The topological polar surface area (TPSA) is 97.3 Å². The SMILES string of the molecule is CCOCc1cc(OC)c(-c2cccc3c(C[C@H](NC(=O)C4(C(F)(F)F)CCN(CC(F)(F)F)CC4)C(=O)O)cccc23)c(OC)c1. The van der Waals surface area contributed by atoms with Crippen molar-refractivity contribution in [2.75, 3.05) is 40.5 Å². The number of carboxylic acids is 1. The Morgan fingerprint density at radius 2 is 1.55 bits per heavy atom. The van der Waals surface area contributed by atoms with E-state index in [4.69, 9.17) is 14.2 Å². The van der Waals surface area contributed by atoms with Gasteiger partial charge in [0.2, 0.25) is 5.91 Å². The van der Waals surface area contributed by atoms with Crippen LogP contribution in [0.3, 0.4) is 0 Å². The van der Waals surface area contributed by atoms with Crippen LogP contribution in [0.2, 0.25) is 0 Å². The van der Waals surface area contributed by atoms with Gasteiger partial charge in [-0.15, -0.1) is 0 Å². The molecule has 4 rings (SSSR count). The first-order valence-corrected chi connectivity index (χ1v) is 14.9. The van der Waals surface area contributed by atoms with Crippen molar-refractivity contribution in [2.45, 2.75) is 51.2 Å². The first-order chi connectivity index (χ1) is 22.1. The second-order valence-corrected chi connectivity index (χ2v) is 11.4. The van der Waals surface area contributed by atoms with Crippen LogP contribution >= 0.6 is 0 Å². The number of halogens is 6. The van der Waals surface area contributed by atoms with E-state index in [-0.39, 0.29) is 6.42 Å². The molecule has 0 unspecified atom stereocenters. The van der Waals surface area contributed by atoms with Gasteiger partial charge in [-0.2, -0.15) is 26.3 Å². The molecular weight excluding hydrogens is 634 g/mol. The number of carbonyl (C=O) groups excluding carboxylic acids is 1. The molecule has 3 aromatic rings. The average molecular weight is 671 g/mol. The number of aliphatic carboxylic acids is 1. The van der Waals surface area contributed by atoms with Crippen LogP contribution in [0, 0.1) is 5.41 Å². The number of rotatable bonds is 12. The largest absolute Gasteiger partial charge is 0.496 e.